The van der Waals surface area contributed by atoms with Crippen LogP contribution in [0.4, 0.5) is 13.2 Å². The molecule has 1 aliphatic carbocycles. The molecule has 0 spiro atoms. The van der Waals surface area contributed by atoms with Gasteiger partial charge in [0.25, 0.3) is 5.91 Å². The lowest BCUT2D eigenvalue weighted by molar-refractivity contribution is -0.140. The number of alkyl halides is 3. The van der Waals surface area contributed by atoms with Crippen molar-refractivity contribution >= 4 is 23.3 Å². The van der Waals surface area contributed by atoms with Crippen molar-refractivity contribution in [3.05, 3.63) is 16.6 Å². The van der Waals surface area contributed by atoms with E-state index in [1.807, 2.05) is 6.92 Å². The van der Waals surface area contributed by atoms with Gasteiger partial charge in [-0.2, -0.15) is 17.5 Å². The van der Waals surface area contributed by atoms with Crippen LogP contribution in [0.3, 0.4) is 0 Å². The van der Waals surface area contributed by atoms with Gasteiger partial charge in [-0.05, 0) is 43.3 Å². The van der Waals surface area contributed by atoms with E-state index >= 15 is 0 Å². The number of unbranched alkanes of at least 4 members (excludes halogenated alkanes) is 1. The lowest BCUT2D eigenvalue weighted by Gasteiger charge is -2.17. The summed E-state index contributed by atoms with van der Waals surface area (Å²) in [6.07, 6.45) is 0.366. The molecule has 0 saturated heterocycles. The van der Waals surface area contributed by atoms with Crippen LogP contribution in [0.5, 0.6) is 0 Å². The van der Waals surface area contributed by atoms with Crippen LogP contribution in [0.15, 0.2) is 6.07 Å². The third-order valence-corrected chi connectivity index (χ3v) is 5.36. The van der Waals surface area contributed by atoms with E-state index in [0.29, 0.717) is 24.4 Å². The van der Waals surface area contributed by atoms with E-state index in [9.17, 15) is 22.8 Å². The van der Waals surface area contributed by atoms with Crippen molar-refractivity contribution < 1.29 is 22.8 Å². The van der Waals surface area contributed by atoms with Crippen LogP contribution in [-0.4, -0.2) is 28.3 Å². The number of hydrogen-bond donors (Lipinski definition) is 2. The Morgan fingerprint density at radius 2 is 1.96 bits per heavy atom. The van der Waals surface area contributed by atoms with Gasteiger partial charge in [-0.25, -0.2) is 0 Å². The fourth-order valence-electron chi connectivity index (χ4n) is 3.00. The van der Waals surface area contributed by atoms with Crippen molar-refractivity contribution in [2.45, 2.75) is 70.6 Å². The van der Waals surface area contributed by atoms with Gasteiger partial charge in [-0.1, -0.05) is 26.7 Å². The Morgan fingerprint density at radius 1 is 1.31 bits per heavy atom. The molecule has 0 aliphatic heterocycles. The molecule has 1 aliphatic rings. The summed E-state index contributed by atoms with van der Waals surface area (Å²) in [5.41, 5.74) is -1.05. The molecule has 1 heterocycles. The smallest absolute Gasteiger partial charge is 0.353 e. The van der Waals surface area contributed by atoms with E-state index in [0.717, 1.165) is 31.7 Å². The highest BCUT2D eigenvalue weighted by Crippen LogP contribution is 2.30. The minimum absolute atomic E-state index is 0.0101. The zero-order chi connectivity index (χ0) is 19.3. The van der Waals surface area contributed by atoms with Gasteiger partial charge < -0.3 is 10.6 Å². The number of carbonyl (C=O) groups excluding carboxylic acids is 2. The molecule has 1 aromatic heterocycles. The Balaban J connectivity index is 1.81. The van der Waals surface area contributed by atoms with Gasteiger partial charge in [0.1, 0.15) is 4.88 Å². The Labute approximate surface area is 154 Å². The number of carbonyl (C=O) groups is 2. The first-order chi connectivity index (χ1) is 12.2. The lowest BCUT2D eigenvalue weighted by atomic mass is 10.0. The van der Waals surface area contributed by atoms with Crippen LogP contribution >= 0.6 is 11.5 Å². The Hall–Kier alpha value is -1.64. The second kappa shape index (κ2) is 8.83. The van der Waals surface area contributed by atoms with Crippen molar-refractivity contribution in [2.75, 3.05) is 0 Å². The Morgan fingerprint density at radius 3 is 2.54 bits per heavy atom. The maximum Gasteiger partial charge on any atom is 0.434 e. The summed E-state index contributed by atoms with van der Waals surface area (Å²) in [5.74, 6) is -0.569. The third-order valence-electron chi connectivity index (χ3n) is 4.58. The predicted molar refractivity (Wildman–Crippen MR) is 92.8 cm³/mol. The predicted octanol–water partition coefficient (Wildman–Crippen LogP) is 3.76. The quantitative estimate of drug-likeness (QED) is 0.744. The first kappa shape index (κ1) is 20.7. The van der Waals surface area contributed by atoms with Gasteiger partial charge in [0, 0.05) is 18.0 Å². The van der Waals surface area contributed by atoms with Crippen molar-refractivity contribution in [2.24, 2.45) is 5.92 Å². The molecule has 0 unspecified atom stereocenters. The van der Waals surface area contributed by atoms with Gasteiger partial charge in [-0.15, -0.1) is 0 Å². The molecule has 1 fully saturated rings. The zero-order valence-electron chi connectivity index (χ0n) is 14.9. The molecule has 0 bridgehead atoms. The molecule has 1 aromatic rings. The topological polar surface area (TPSA) is 71.1 Å². The van der Waals surface area contributed by atoms with Gasteiger partial charge in [-0.3, -0.25) is 9.59 Å². The third kappa shape index (κ3) is 5.69. The molecule has 26 heavy (non-hydrogen) atoms. The van der Waals surface area contributed by atoms with Crippen molar-refractivity contribution in [1.82, 2.24) is 15.0 Å². The minimum atomic E-state index is -4.55. The molecule has 1 saturated carbocycles. The normalized spacial score (nSPS) is 21.4. The van der Waals surface area contributed by atoms with E-state index in [1.165, 1.54) is 0 Å². The van der Waals surface area contributed by atoms with Gasteiger partial charge >= 0.3 is 6.18 Å². The molecule has 2 N–H and O–H groups in total. The van der Waals surface area contributed by atoms with Crippen molar-refractivity contribution in [3.8, 4) is 0 Å². The first-order valence-electron chi connectivity index (χ1n) is 8.85. The fourth-order valence-corrected chi connectivity index (χ4v) is 3.66. The van der Waals surface area contributed by atoms with E-state index in [4.69, 9.17) is 0 Å². The summed E-state index contributed by atoms with van der Waals surface area (Å²) in [5, 5.41) is 5.75. The van der Waals surface area contributed by atoms with Crippen molar-refractivity contribution in [3.63, 3.8) is 0 Å². The average molecular weight is 391 g/mol. The SMILES string of the molecule is CCCC[C@H](C)C(=O)N[C@@H]1CC[C@H](NC(=O)c2cc(C(F)(F)F)ns2)C1. The summed E-state index contributed by atoms with van der Waals surface area (Å²) in [7, 11) is 0. The molecule has 0 aromatic carbocycles. The standard InChI is InChI=1S/C17H24F3N3O2S/c1-3-4-5-10(2)15(24)21-11-6-7-12(8-11)22-16(25)13-9-14(23-26-13)17(18,19)20/h9-12H,3-8H2,1-2H3,(H,21,24)(H,22,25)/t10-,11+,12-/m0/s1. The van der Waals surface area contributed by atoms with E-state index in [-0.39, 0.29) is 28.8 Å². The maximum atomic E-state index is 12.6. The zero-order valence-corrected chi connectivity index (χ0v) is 15.7. The number of aromatic nitrogens is 1. The molecule has 9 heteroatoms. The number of hydrogen-bond acceptors (Lipinski definition) is 4. The molecule has 2 amide bonds. The summed E-state index contributed by atoms with van der Waals surface area (Å²) in [6, 6.07) is 0.600. The van der Waals surface area contributed by atoms with Crippen LogP contribution in [0.25, 0.3) is 0 Å². The highest BCUT2D eigenvalue weighted by molar-refractivity contribution is 7.08. The van der Waals surface area contributed by atoms with E-state index in [2.05, 4.69) is 21.9 Å². The molecular weight excluding hydrogens is 367 g/mol. The number of nitrogens with one attached hydrogen (secondary N) is 2. The van der Waals surface area contributed by atoms with Crippen molar-refractivity contribution in [1.29, 1.82) is 0 Å². The van der Waals surface area contributed by atoms with Gasteiger partial charge in [0.05, 0.1) is 0 Å². The molecule has 2 rings (SSSR count). The lowest BCUT2D eigenvalue weighted by Crippen LogP contribution is -2.39. The number of halogens is 3. The fraction of sp³-hybridized carbons (Fsp3) is 0.706. The Kier molecular flexibility index (Phi) is 7.02. The average Bonchev–Trinajstić information content (AvgIpc) is 3.21. The second-order valence-electron chi connectivity index (χ2n) is 6.81. The van der Waals surface area contributed by atoms with Crippen LogP contribution in [0.2, 0.25) is 0 Å². The van der Waals surface area contributed by atoms with E-state index in [1.54, 1.807) is 0 Å². The summed E-state index contributed by atoms with van der Waals surface area (Å²) < 4.78 is 41.0. The second-order valence-corrected chi connectivity index (χ2v) is 7.61. The monoisotopic (exact) mass is 391 g/mol. The summed E-state index contributed by atoms with van der Waals surface area (Å²) in [4.78, 5) is 24.2. The van der Waals surface area contributed by atoms with Gasteiger partial charge in [0.2, 0.25) is 5.91 Å². The van der Waals surface area contributed by atoms with E-state index < -0.39 is 17.8 Å². The molecular formula is C17H24F3N3O2S. The molecule has 3 atom stereocenters. The van der Waals surface area contributed by atoms with Crippen LogP contribution in [0.1, 0.15) is 67.7 Å². The van der Waals surface area contributed by atoms with Crippen LogP contribution in [0, 0.1) is 5.92 Å². The maximum absolute atomic E-state index is 12.6. The Bertz CT molecular complexity index is 633. The largest absolute Gasteiger partial charge is 0.434 e. The first-order valence-corrected chi connectivity index (χ1v) is 9.63. The number of nitrogens with zero attached hydrogens (tertiary/aromatic N) is 1. The number of amides is 2. The van der Waals surface area contributed by atoms with Gasteiger partial charge in [0.15, 0.2) is 5.69 Å². The highest BCUT2D eigenvalue weighted by atomic mass is 32.1. The number of rotatable bonds is 7. The van der Waals surface area contributed by atoms with Crippen LogP contribution in [-0.2, 0) is 11.0 Å². The minimum Gasteiger partial charge on any atom is -0.353 e. The molecule has 0 radical (unpaired) electrons. The van der Waals surface area contributed by atoms with Crippen LogP contribution < -0.4 is 10.6 Å². The summed E-state index contributed by atoms with van der Waals surface area (Å²) in [6.45, 7) is 3.98. The highest BCUT2D eigenvalue weighted by Gasteiger charge is 2.35. The molecule has 5 nitrogen and oxygen atoms in total. The molecule has 146 valence electrons. The summed E-state index contributed by atoms with van der Waals surface area (Å²) >= 11 is 0.539.